The number of hydrogen-bond acceptors (Lipinski definition) is 4. The van der Waals surface area contributed by atoms with Gasteiger partial charge in [0.1, 0.15) is 12.4 Å². The molecule has 1 aromatic heterocycles. The number of rotatable bonds is 2. The number of carbonyl (C=O) groups excluding carboxylic acids is 1. The maximum Gasteiger partial charge on any atom is 0.255 e. The third-order valence-electron chi connectivity index (χ3n) is 4.20. The van der Waals surface area contributed by atoms with E-state index in [2.05, 4.69) is 10.2 Å². The first-order chi connectivity index (χ1) is 11.0. The number of benzene rings is 1. The van der Waals surface area contributed by atoms with Crippen molar-refractivity contribution in [2.24, 2.45) is 7.05 Å². The second-order valence-electron chi connectivity index (χ2n) is 5.83. The highest BCUT2D eigenvalue weighted by molar-refractivity contribution is 6.34. The molecule has 1 aromatic carbocycles. The lowest BCUT2D eigenvalue weighted by atomic mass is 10.0. The fourth-order valence-electron chi connectivity index (χ4n) is 2.69. The van der Waals surface area contributed by atoms with Gasteiger partial charge in [-0.15, -0.1) is 10.2 Å². The molecule has 2 aromatic rings. The van der Waals surface area contributed by atoms with Crippen molar-refractivity contribution >= 4 is 17.5 Å². The number of amides is 1. The standard InChI is InChI=1S/C16H19ClN4O2/c1-10-6-12(13(17)7-11(10)2)16(22)21-4-5-23-14(8-21)15-19-18-9-20(15)3/h6-7,9,14H,4-5,8H2,1-3H3/t14-/m0/s1. The van der Waals surface area contributed by atoms with Crippen LogP contribution in [-0.4, -0.2) is 45.3 Å². The van der Waals surface area contributed by atoms with Crippen molar-refractivity contribution in [1.29, 1.82) is 0 Å². The van der Waals surface area contributed by atoms with Crippen LogP contribution in [0.3, 0.4) is 0 Å². The van der Waals surface area contributed by atoms with Gasteiger partial charge in [0.2, 0.25) is 0 Å². The van der Waals surface area contributed by atoms with Crippen molar-refractivity contribution in [2.45, 2.75) is 20.0 Å². The minimum absolute atomic E-state index is 0.0754. The van der Waals surface area contributed by atoms with Crippen LogP contribution in [0.1, 0.15) is 33.4 Å². The molecule has 0 bridgehead atoms. The highest BCUT2D eigenvalue weighted by Gasteiger charge is 2.29. The fourth-order valence-corrected chi connectivity index (χ4v) is 2.99. The average Bonchev–Trinajstić information content (AvgIpc) is 2.96. The predicted octanol–water partition coefficient (Wildman–Crippen LogP) is 2.30. The lowest BCUT2D eigenvalue weighted by Crippen LogP contribution is -2.43. The molecule has 2 heterocycles. The fraction of sp³-hybridized carbons (Fsp3) is 0.438. The van der Waals surface area contributed by atoms with E-state index in [1.807, 2.05) is 37.6 Å². The predicted molar refractivity (Wildman–Crippen MR) is 86.5 cm³/mol. The lowest BCUT2D eigenvalue weighted by molar-refractivity contribution is -0.0281. The summed E-state index contributed by atoms with van der Waals surface area (Å²) in [6.45, 7) is 5.40. The molecule has 23 heavy (non-hydrogen) atoms. The Bertz CT molecular complexity index is 744. The van der Waals surface area contributed by atoms with Gasteiger partial charge in [0.25, 0.3) is 5.91 Å². The summed E-state index contributed by atoms with van der Waals surface area (Å²) in [5, 5.41) is 8.43. The second-order valence-corrected chi connectivity index (χ2v) is 6.23. The van der Waals surface area contributed by atoms with Gasteiger partial charge < -0.3 is 14.2 Å². The van der Waals surface area contributed by atoms with E-state index in [-0.39, 0.29) is 12.0 Å². The van der Waals surface area contributed by atoms with Crippen LogP contribution in [0, 0.1) is 13.8 Å². The summed E-state index contributed by atoms with van der Waals surface area (Å²) < 4.78 is 7.55. The number of hydrogen-bond donors (Lipinski definition) is 0. The Labute approximate surface area is 140 Å². The van der Waals surface area contributed by atoms with Crippen molar-refractivity contribution in [3.05, 3.63) is 46.0 Å². The Hall–Kier alpha value is -1.92. The van der Waals surface area contributed by atoms with Gasteiger partial charge >= 0.3 is 0 Å². The van der Waals surface area contributed by atoms with E-state index in [4.69, 9.17) is 16.3 Å². The van der Waals surface area contributed by atoms with Crippen LogP contribution in [0.2, 0.25) is 5.02 Å². The topological polar surface area (TPSA) is 60.3 Å². The summed E-state index contributed by atoms with van der Waals surface area (Å²) in [6.07, 6.45) is 1.35. The number of carbonyl (C=O) groups is 1. The number of ether oxygens (including phenoxy) is 1. The van der Waals surface area contributed by atoms with Gasteiger partial charge in [-0.3, -0.25) is 4.79 Å². The van der Waals surface area contributed by atoms with E-state index >= 15 is 0 Å². The number of aryl methyl sites for hydroxylation is 3. The highest BCUT2D eigenvalue weighted by atomic mass is 35.5. The third kappa shape index (κ3) is 3.09. The van der Waals surface area contributed by atoms with Crippen LogP contribution in [0.15, 0.2) is 18.5 Å². The molecule has 7 heteroatoms. The Balaban J connectivity index is 1.83. The van der Waals surface area contributed by atoms with Gasteiger partial charge in [-0.2, -0.15) is 0 Å². The number of morpholine rings is 1. The van der Waals surface area contributed by atoms with E-state index in [1.54, 1.807) is 11.2 Å². The van der Waals surface area contributed by atoms with Gasteiger partial charge in [0, 0.05) is 13.6 Å². The SMILES string of the molecule is Cc1cc(Cl)c(C(=O)N2CCO[C@H](c3nncn3C)C2)cc1C. The summed E-state index contributed by atoms with van der Waals surface area (Å²) in [4.78, 5) is 14.6. The highest BCUT2D eigenvalue weighted by Crippen LogP contribution is 2.25. The number of nitrogens with zero attached hydrogens (tertiary/aromatic N) is 4. The van der Waals surface area contributed by atoms with E-state index in [9.17, 15) is 4.79 Å². The minimum Gasteiger partial charge on any atom is -0.366 e. The molecular formula is C16H19ClN4O2. The molecule has 0 saturated carbocycles. The molecule has 3 rings (SSSR count). The molecule has 1 fully saturated rings. The van der Waals surface area contributed by atoms with Crippen molar-refractivity contribution < 1.29 is 9.53 Å². The average molecular weight is 335 g/mol. The van der Waals surface area contributed by atoms with E-state index < -0.39 is 0 Å². The Morgan fingerprint density at radius 3 is 2.78 bits per heavy atom. The molecule has 6 nitrogen and oxygen atoms in total. The molecular weight excluding hydrogens is 316 g/mol. The van der Waals surface area contributed by atoms with E-state index in [0.717, 1.165) is 11.1 Å². The van der Waals surface area contributed by atoms with Crippen molar-refractivity contribution in [3.8, 4) is 0 Å². The summed E-state index contributed by atoms with van der Waals surface area (Å²) in [6, 6.07) is 3.69. The summed E-state index contributed by atoms with van der Waals surface area (Å²) in [7, 11) is 1.86. The van der Waals surface area contributed by atoms with Crippen LogP contribution in [0.25, 0.3) is 0 Å². The number of halogens is 1. The van der Waals surface area contributed by atoms with E-state index in [0.29, 0.717) is 36.1 Å². The maximum absolute atomic E-state index is 12.8. The van der Waals surface area contributed by atoms with Crippen LogP contribution in [0.4, 0.5) is 0 Å². The Morgan fingerprint density at radius 1 is 1.35 bits per heavy atom. The van der Waals surface area contributed by atoms with Crippen LogP contribution in [-0.2, 0) is 11.8 Å². The molecule has 1 atom stereocenters. The molecule has 0 unspecified atom stereocenters. The number of aromatic nitrogens is 3. The molecule has 0 radical (unpaired) electrons. The molecule has 1 aliphatic rings. The minimum atomic E-state index is -0.273. The Kier molecular flexibility index (Phi) is 4.37. The van der Waals surface area contributed by atoms with E-state index in [1.165, 1.54) is 0 Å². The van der Waals surface area contributed by atoms with Crippen molar-refractivity contribution in [3.63, 3.8) is 0 Å². The summed E-state index contributed by atoms with van der Waals surface area (Å²) >= 11 is 6.27. The van der Waals surface area contributed by atoms with Gasteiger partial charge in [-0.1, -0.05) is 11.6 Å². The maximum atomic E-state index is 12.8. The summed E-state index contributed by atoms with van der Waals surface area (Å²) in [5.74, 6) is 0.641. The molecule has 1 aliphatic heterocycles. The van der Waals surface area contributed by atoms with Gasteiger partial charge in [0.05, 0.1) is 23.7 Å². The van der Waals surface area contributed by atoms with Gasteiger partial charge in [-0.25, -0.2) is 0 Å². The largest absolute Gasteiger partial charge is 0.366 e. The van der Waals surface area contributed by atoms with Gasteiger partial charge in [0.15, 0.2) is 5.82 Å². The zero-order chi connectivity index (χ0) is 16.6. The van der Waals surface area contributed by atoms with Crippen LogP contribution in [0.5, 0.6) is 0 Å². The zero-order valence-corrected chi connectivity index (χ0v) is 14.2. The Morgan fingerprint density at radius 2 is 2.09 bits per heavy atom. The molecule has 0 aliphatic carbocycles. The molecule has 122 valence electrons. The molecule has 1 saturated heterocycles. The first-order valence-corrected chi connectivity index (χ1v) is 7.86. The van der Waals surface area contributed by atoms with Crippen LogP contribution < -0.4 is 0 Å². The summed E-state index contributed by atoms with van der Waals surface area (Å²) in [5.41, 5.74) is 2.66. The van der Waals surface area contributed by atoms with Crippen LogP contribution >= 0.6 is 11.6 Å². The third-order valence-corrected chi connectivity index (χ3v) is 4.51. The first-order valence-electron chi connectivity index (χ1n) is 7.49. The van der Waals surface area contributed by atoms with Crippen molar-refractivity contribution in [2.75, 3.05) is 19.7 Å². The zero-order valence-electron chi connectivity index (χ0n) is 13.4. The first kappa shape index (κ1) is 16.0. The van der Waals surface area contributed by atoms with Gasteiger partial charge in [-0.05, 0) is 37.1 Å². The lowest BCUT2D eigenvalue weighted by Gasteiger charge is -2.32. The molecule has 1 amide bonds. The van der Waals surface area contributed by atoms with Crippen molar-refractivity contribution in [1.82, 2.24) is 19.7 Å². The smallest absolute Gasteiger partial charge is 0.255 e. The molecule has 0 spiro atoms. The quantitative estimate of drug-likeness (QED) is 0.845. The monoisotopic (exact) mass is 334 g/mol. The normalized spacial score (nSPS) is 18.3. The second kappa shape index (κ2) is 6.29. The molecule has 0 N–H and O–H groups in total.